The lowest BCUT2D eigenvalue weighted by Gasteiger charge is -2.18. The van der Waals surface area contributed by atoms with Gasteiger partial charge in [0.2, 0.25) is 10.0 Å². The maximum absolute atomic E-state index is 13.0. The molecule has 4 rings (SSSR count). The number of hydrogen-bond donors (Lipinski definition) is 0. The third kappa shape index (κ3) is 4.25. The fraction of sp³-hybridized carbons (Fsp3) is 0.273. The van der Waals surface area contributed by atoms with Gasteiger partial charge in [0, 0.05) is 25.0 Å². The zero-order valence-electron chi connectivity index (χ0n) is 18.5. The molecule has 0 aliphatic rings. The molecular formula is C22H23N7O2S2. The third-order valence-electron chi connectivity index (χ3n) is 5.29. The van der Waals surface area contributed by atoms with Gasteiger partial charge in [-0.05, 0) is 31.2 Å². The molecule has 0 aliphatic heterocycles. The summed E-state index contributed by atoms with van der Waals surface area (Å²) < 4.78 is 30.8. The van der Waals surface area contributed by atoms with Gasteiger partial charge in [0.1, 0.15) is 6.07 Å². The van der Waals surface area contributed by atoms with Crippen molar-refractivity contribution in [2.45, 2.75) is 36.6 Å². The van der Waals surface area contributed by atoms with Crippen molar-refractivity contribution in [2.75, 3.05) is 13.1 Å². The second kappa shape index (κ2) is 9.35. The molecule has 0 aliphatic carbocycles. The third-order valence-corrected chi connectivity index (χ3v) is 8.28. The van der Waals surface area contributed by atoms with Crippen LogP contribution in [-0.2, 0) is 15.8 Å². The number of rotatable bonds is 8. The van der Waals surface area contributed by atoms with E-state index in [-0.39, 0.29) is 4.90 Å². The summed E-state index contributed by atoms with van der Waals surface area (Å²) in [7, 11) is -3.61. The van der Waals surface area contributed by atoms with Crippen LogP contribution in [0, 0.1) is 18.3 Å². The molecule has 3 aromatic heterocycles. The van der Waals surface area contributed by atoms with Gasteiger partial charge in [-0.1, -0.05) is 43.8 Å². The zero-order chi connectivity index (χ0) is 23.6. The van der Waals surface area contributed by atoms with Crippen LogP contribution in [0.25, 0.3) is 11.3 Å². The highest BCUT2D eigenvalue weighted by molar-refractivity contribution is 7.98. The number of hydrogen-bond acceptors (Lipinski definition) is 7. The first-order valence-corrected chi connectivity index (χ1v) is 12.8. The number of aryl methyl sites for hydroxylation is 1. The summed E-state index contributed by atoms with van der Waals surface area (Å²) >= 11 is 1.37. The summed E-state index contributed by atoms with van der Waals surface area (Å²) in [4.78, 5) is 0.184. The van der Waals surface area contributed by atoms with Crippen LogP contribution in [-0.4, -0.2) is 50.2 Å². The van der Waals surface area contributed by atoms with Crippen LogP contribution in [0.2, 0.25) is 0 Å². The lowest BCUT2D eigenvalue weighted by molar-refractivity contribution is 0.445. The molecule has 0 saturated carbocycles. The molecule has 0 N–H and O–H groups in total. The first-order valence-electron chi connectivity index (χ1n) is 10.4. The molecule has 0 fully saturated rings. The Morgan fingerprint density at radius 3 is 2.48 bits per heavy atom. The van der Waals surface area contributed by atoms with Crippen molar-refractivity contribution in [2.24, 2.45) is 0 Å². The van der Waals surface area contributed by atoms with E-state index in [0.717, 1.165) is 11.4 Å². The molecule has 170 valence electrons. The topological polar surface area (TPSA) is 109 Å². The van der Waals surface area contributed by atoms with Gasteiger partial charge >= 0.3 is 0 Å². The number of nitriles is 1. The Morgan fingerprint density at radius 1 is 1.09 bits per heavy atom. The van der Waals surface area contributed by atoms with Gasteiger partial charge < -0.3 is 0 Å². The van der Waals surface area contributed by atoms with Crippen LogP contribution in [0.5, 0.6) is 0 Å². The van der Waals surface area contributed by atoms with Crippen LogP contribution in [0.15, 0.2) is 58.7 Å². The van der Waals surface area contributed by atoms with Crippen molar-refractivity contribution in [3.63, 3.8) is 0 Å². The highest BCUT2D eigenvalue weighted by atomic mass is 32.2. The van der Waals surface area contributed by atoms with Gasteiger partial charge in [-0.25, -0.2) is 13.1 Å². The van der Waals surface area contributed by atoms with Crippen molar-refractivity contribution >= 4 is 27.4 Å². The Morgan fingerprint density at radius 2 is 1.82 bits per heavy atom. The van der Waals surface area contributed by atoms with E-state index in [1.807, 2.05) is 51.1 Å². The maximum atomic E-state index is 13.0. The molecule has 0 saturated heterocycles. The van der Waals surface area contributed by atoms with Crippen LogP contribution in [0.3, 0.4) is 0 Å². The van der Waals surface area contributed by atoms with E-state index in [1.54, 1.807) is 27.4 Å². The molecule has 33 heavy (non-hydrogen) atoms. The first kappa shape index (κ1) is 23.0. The number of fused-ring (bicyclic) bond motifs is 1. The van der Waals surface area contributed by atoms with Gasteiger partial charge in [-0.15, -0.1) is 10.2 Å². The average Bonchev–Trinajstić information content (AvgIpc) is 3.38. The van der Waals surface area contributed by atoms with Gasteiger partial charge in [-0.2, -0.15) is 14.7 Å². The number of nitrogens with zero attached hydrogens (tertiary/aromatic N) is 7. The summed E-state index contributed by atoms with van der Waals surface area (Å²) in [6.45, 7) is 6.21. The molecule has 11 heteroatoms. The Bertz CT molecular complexity index is 1430. The SMILES string of the molecule is CCN(CC)S(=O)(=O)c1ccc2nnc(SCc3c(C#N)c(C)nn3-c3ccccc3)n2c1. The molecule has 0 radical (unpaired) electrons. The van der Waals surface area contributed by atoms with E-state index in [0.29, 0.717) is 40.9 Å². The Labute approximate surface area is 196 Å². The summed E-state index contributed by atoms with van der Waals surface area (Å²) in [6, 6.07) is 15.1. The largest absolute Gasteiger partial charge is 0.276 e. The van der Waals surface area contributed by atoms with E-state index in [9.17, 15) is 13.7 Å². The molecule has 3 heterocycles. The second-order valence-corrected chi connectivity index (χ2v) is 10.1. The molecule has 9 nitrogen and oxygen atoms in total. The quantitative estimate of drug-likeness (QED) is 0.355. The number of pyridine rings is 1. The highest BCUT2D eigenvalue weighted by Crippen LogP contribution is 2.28. The summed E-state index contributed by atoms with van der Waals surface area (Å²) in [5.41, 5.74) is 3.32. The fourth-order valence-corrected chi connectivity index (χ4v) is 5.96. The van der Waals surface area contributed by atoms with Crippen molar-refractivity contribution < 1.29 is 8.42 Å². The molecule has 0 atom stereocenters. The molecule has 1 aromatic carbocycles. The van der Waals surface area contributed by atoms with Crippen LogP contribution < -0.4 is 0 Å². The van der Waals surface area contributed by atoms with E-state index in [4.69, 9.17) is 0 Å². The predicted octanol–water partition coefficient (Wildman–Crippen LogP) is 3.42. The summed E-state index contributed by atoms with van der Waals surface area (Å²) in [5.74, 6) is 0.409. The number of sulfonamides is 1. The second-order valence-electron chi connectivity index (χ2n) is 7.22. The Hall–Kier alpha value is -3.20. The van der Waals surface area contributed by atoms with E-state index >= 15 is 0 Å². The summed E-state index contributed by atoms with van der Waals surface area (Å²) in [6.07, 6.45) is 1.55. The maximum Gasteiger partial charge on any atom is 0.244 e. The van der Waals surface area contributed by atoms with Gasteiger partial charge in [-0.3, -0.25) is 4.40 Å². The molecule has 0 bridgehead atoms. The van der Waals surface area contributed by atoms with Crippen LogP contribution in [0.1, 0.15) is 30.8 Å². The van der Waals surface area contributed by atoms with Crippen molar-refractivity contribution in [1.82, 2.24) is 28.7 Å². The fourth-order valence-electron chi connectivity index (χ4n) is 3.58. The van der Waals surface area contributed by atoms with Crippen LogP contribution >= 0.6 is 11.8 Å². The first-order chi connectivity index (χ1) is 15.9. The lowest BCUT2D eigenvalue weighted by Crippen LogP contribution is -2.30. The normalized spacial score (nSPS) is 11.8. The van der Waals surface area contributed by atoms with Gasteiger partial charge in [0.25, 0.3) is 0 Å². The smallest absolute Gasteiger partial charge is 0.244 e. The number of benzene rings is 1. The molecule has 4 aromatic rings. The predicted molar refractivity (Wildman–Crippen MR) is 126 cm³/mol. The van der Waals surface area contributed by atoms with Crippen molar-refractivity contribution in [3.05, 3.63) is 65.6 Å². The molecular weight excluding hydrogens is 458 g/mol. The standard InChI is InChI=1S/C22H23N7O2S2/c1-4-27(5-2)33(30,31)18-11-12-21-24-25-22(28(21)14-18)32-15-20-19(13-23)16(3)26-29(20)17-9-7-6-8-10-17/h6-12,14H,4-5,15H2,1-3H3. The van der Waals surface area contributed by atoms with E-state index < -0.39 is 10.0 Å². The van der Waals surface area contributed by atoms with Crippen LogP contribution in [0.4, 0.5) is 0 Å². The van der Waals surface area contributed by atoms with Crippen molar-refractivity contribution in [1.29, 1.82) is 5.26 Å². The average molecular weight is 482 g/mol. The minimum Gasteiger partial charge on any atom is -0.276 e. The summed E-state index contributed by atoms with van der Waals surface area (Å²) in [5, 5.41) is 23.2. The van der Waals surface area contributed by atoms with Gasteiger partial charge in [0.05, 0.1) is 27.5 Å². The van der Waals surface area contributed by atoms with E-state index in [1.165, 1.54) is 16.1 Å². The minimum absolute atomic E-state index is 0.184. The van der Waals surface area contributed by atoms with Crippen molar-refractivity contribution in [3.8, 4) is 11.8 Å². The molecule has 0 spiro atoms. The Kier molecular flexibility index (Phi) is 6.51. The molecule has 0 unspecified atom stereocenters. The number of aromatic nitrogens is 5. The number of para-hydroxylation sites is 1. The highest BCUT2D eigenvalue weighted by Gasteiger charge is 2.23. The molecule has 0 amide bonds. The monoisotopic (exact) mass is 481 g/mol. The van der Waals surface area contributed by atoms with E-state index in [2.05, 4.69) is 21.4 Å². The zero-order valence-corrected chi connectivity index (χ0v) is 20.1. The Balaban J connectivity index is 1.70. The lowest BCUT2D eigenvalue weighted by atomic mass is 10.2. The van der Waals surface area contributed by atoms with Gasteiger partial charge in [0.15, 0.2) is 10.8 Å². The minimum atomic E-state index is -3.61. The number of thioether (sulfide) groups is 1.